The lowest BCUT2D eigenvalue weighted by Gasteiger charge is -2.15. The molecule has 88 valence electrons. The maximum absolute atomic E-state index is 11.4. The van der Waals surface area contributed by atoms with Crippen molar-refractivity contribution in [3.05, 3.63) is 35.4 Å². The Kier molecular flexibility index (Phi) is 4.83. The molecule has 0 aliphatic rings. The van der Waals surface area contributed by atoms with Gasteiger partial charge in [-0.3, -0.25) is 0 Å². The first-order valence-electron chi connectivity index (χ1n) is 5.68. The van der Waals surface area contributed by atoms with Crippen molar-refractivity contribution in [3.8, 4) is 0 Å². The quantitative estimate of drug-likeness (QED) is 0.829. The number of carbonyl (C=O) groups is 1. The number of amides is 2. The van der Waals surface area contributed by atoms with Crippen LogP contribution in [0.5, 0.6) is 0 Å². The van der Waals surface area contributed by atoms with Crippen LogP contribution in [0.4, 0.5) is 4.79 Å². The molecule has 1 N–H and O–H groups in total. The second-order valence-corrected chi connectivity index (χ2v) is 3.99. The van der Waals surface area contributed by atoms with E-state index in [1.165, 1.54) is 11.1 Å². The Labute approximate surface area is 97.5 Å². The van der Waals surface area contributed by atoms with Gasteiger partial charge in [0.2, 0.25) is 0 Å². The normalized spacial score (nSPS) is 9.94. The van der Waals surface area contributed by atoms with E-state index in [2.05, 4.69) is 30.4 Å². The van der Waals surface area contributed by atoms with E-state index in [0.29, 0.717) is 6.54 Å². The smallest absolute Gasteiger partial charge is 0.317 e. The van der Waals surface area contributed by atoms with Crippen LogP contribution in [0.15, 0.2) is 24.3 Å². The summed E-state index contributed by atoms with van der Waals surface area (Å²) >= 11 is 0. The number of rotatable bonds is 4. The van der Waals surface area contributed by atoms with Gasteiger partial charge in [0, 0.05) is 20.1 Å². The van der Waals surface area contributed by atoms with E-state index >= 15 is 0 Å². The van der Waals surface area contributed by atoms with Crippen molar-refractivity contribution in [1.82, 2.24) is 10.2 Å². The molecule has 0 atom stereocenters. The van der Waals surface area contributed by atoms with Crippen molar-refractivity contribution >= 4 is 6.03 Å². The number of nitrogens with zero attached hydrogens (tertiary/aromatic N) is 1. The largest absolute Gasteiger partial charge is 0.338 e. The zero-order valence-electron chi connectivity index (χ0n) is 10.3. The molecule has 16 heavy (non-hydrogen) atoms. The summed E-state index contributed by atoms with van der Waals surface area (Å²) in [7, 11) is 1.79. The molecule has 2 amide bonds. The predicted octanol–water partition coefficient (Wildman–Crippen LogP) is 2.20. The summed E-state index contributed by atoms with van der Waals surface area (Å²) in [6.07, 6.45) is 0.880. The average molecular weight is 220 g/mol. The van der Waals surface area contributed by atoms with E-state index in [0.717, 1.165) is 13.0 Å². The molecule has 0 bridgehead atoms. The number of hydrogen-bond donors (Lipinski definition) is 1. The van der Waals surface area contributed by atoms with Gasteiger partial charge < -0.3 is 10.2 Å². The van der Waals surface area contributed by atoms with E-state index in [-0.39, 0.29) is 6.03 Å². The lowest BCUT2D eigenvalue weighted by molar-refractivity contribution is 0.211. The third-order valence-electron chi connectivity index (χ3n) is 2.59. The van der Waals surface area contributed by atoms with Crippen molar-refractivity contribution in [3.63, 3.8) is 0 Å². The molecule has 0 unspecified atom stereocenters. The fourth-order valence-electron chi connectivity index (χ4n) is 1.46. The molecule has 0 aliphatic heterocycles. The maximum atomic E-state index is 11.4. The van der Waals surface area contributed by atoms with Crippen molar-refractivity contribution in [2.24, 2.45) is 0 Å². The van der Waals surface area contributed by atoms with Gasteiger partial charge in [-0.25, -0.2) is 4.79 Å². The van der Waals surface area contributed by atoms with E-state index in [1.54, 1.807) is 11.9 Å². The van der Waals surface area contributed by atoms with E-state index in [4.69, 9.17) is 0 Å². The predicted molar refractivity (Wildman–Crippen MR) is 66.6 cm³/mol. The van der Waals surface area contributed by atoms with Gasteiger partial charge in [-0.1, -0.05) is 29.8 Å². The number of carbonyl (C=O) groups excluding carboxylic acids is 1. The standard InChI is InChI=1S/C13H20N2O/c1-4-15(3)13(16)14-9-8-12-7-5-6-11(2)10-12/h5-7,10H,4,8-9H2,1-3H3,(H,14,16). The third-order valence-corrected chi connectivity index (χ3v) is 2.59. The molecule has 3 heteroatoms. The zero-order chi connectivity index (χ0) is 12.0. The molecule has 0 saturated carbocycles. The summed E-state index contributed by atoms with van der Waals surface area (Å²) < 4.78 is 0. The summed E-state index contributed by atoms with van der Waals surface area (Å²) in [5.74, 6) is 0. The minimum Gasteiger partial charge on any atom is -0.338 e. The second-order valence-electron chi connectivity index (χ2n) is 3.99. The topological polar surface area (TPSA) is 32.3 Å². The maximum Gasteiger partial charge on any atom is 0.317 e. The Balaban J connectivity index is 2.33. The van der Waals surface area contributed by atoms with Crippen LogP contribution in [0.3, 0.4) is 0 Å². The van der Waals surface area contributed by atoms with Crippen LogP contribution in [0.25, 0.3) is 0 Å². The van der Waals surface area contributed by atoms with Crippen LogP contribution in [-0.4, -0.2) is 31.1 Å². The molecule has 1 aromatic rings. The highest BCUT2D eigenvalue weighted by atomic mass is 16.2. The third kappa shape index (κ3) is 3.93. The van der Waals surface area contributed by atoms with E-state index in [1.807, 2.05) is 13.0 Å². The van der Waals surface area contributed by atoms with Crippen molar-refractivity contribution in [2.45, 2.75) is 20.3 Å². The summed E-state index contributed by atoms with van der Waals surface area (Å²) in [4.78, 5) is 13.1. The molecule has 0 saturated heterocycles. The Hall–Kier alpha value is -1.51. The molecule has 1 aromatic carbocycles. The molecule has 3 nitrogen and oxygen atoms in total. The summed E-state index contributed by atoms with van der Waals surface area (Å²) in [6.45, 7) is 5.45. The molecule has 0 heterocycles. The van der Waals surface area contributed by atoms with Gasteiger partial charge in [0.15, 0.2) is 0 Å². The van der Waals surface area contributed by atoms with E-state index in [9.17, 15) is 4.79 Å². The van der Waals surface area contributed by atoms with Crippen molar-refractivity contribution < 1.29 is 4.79 Å². The highest BCUT2D eigenvalue weighted by Crippen LogP contribution is 2.03. The molecule has 0 aromatic heterocycles. The monoisotopic (exact) mass is 220 g/mol. The van der Waals surface area contributed by atoms with Gasteiger partial charge in [-0.05, 0) is 25.8 Å². The summed E-state index contributed by atoms with van der Waals surface area (Å²) in [6, 6.07) is 8.35. The fourth-order valence-corrected chi connectivity index (χ4v) is 1.46. The van der Waals surface area contributed by atoms with Crippen molar-refractivity contribution in [1.29, 1.82) is 0 Å². The number of urea groups is 1. The van der Waals surface area contributed by atoms with Gasteiger partial charge in [0.25, 0.3) is 0 Å². The van der Waals surface area contributed by atoms with Crippen molar-refractivity contribution in [2.75, 3.05) is 20.1 Å². The molecule has 0 spiro atoms. The van der Waals surface area contributed by atoms with Crippen LogP contribution in [0.1, 0.15) is 18.1 Å². The number of nitrogens with one attached hydrogen (secondary N) is 1. The van der Waals surface area contributed by atoms with Crippen LogP contribution < -0.4 is 5.32 Å². The Morgan fingerprint density at radius 3 is 2.81 bits per heavy atom. The first-order chi connectivity index (χ1) is 7.63. The van der Waals surface area contributed by atoms with Crippen LogP contribution in [0, 0.1) is 6.92 Å². The lowest BCUT2D eigenvalue weighted by Crippen LogP contribution is -2.37. The van der Waals surface area contributed by atoms with Gasteiger partial charge in [0.05, 0.1) is 0 Å². The second kappa shape index (κ2) is 6.16. The first kappa shape index (κ1) is 12.6. The van der Waals surface area contributed by atoms with Gasteiger partial charge in [-0.15, -0.1) is 0 Å². The van der Waals surface area contributed by atoms with Gasteiger partial charge >= 0.3 is 6.03 Å². The molecule has 1 rings (SSSR count). The molecular weight excluding hydrogens is 200 g/mol. The minimum absolute atomic E-state index is 0.00449. The van der Waals surface area contributed by atoms with Crippen LogP contribution in [0.2, 0.25) is 0 Å². The molecule has 0 radical (unpaired) electrons. The molecule has 0 fully saturated rings. The summed E-state index contributed by atoms with van der Waals surface area (Å²) in [5, 5.41) is 2.89. The lowest BCUT2D eigenvalue weighted by atomic mass is 10.1. The fraction of sp³-hybridized carbons (Fsp3) is 0.462. The number of benzene rings is 1. The highest BCUT2D eigenvalue weighted by molar-refractivity contribution is 5.73. The average Bonchev–Trinajstić information content (AvgIpc) is 2.28. The minimum atomic E-state index is -0.00449. The first-order valence-corrected chi connectivity index (χ1v) is 5.68. The number of aryl methyl sites for hydroxylation is 1. The number of hydrogen-bond acceptors (Lipinski definition) is 1. The van der Waals surface area contributed by atoms with E-state index < -0.39 is 0 Å². The highest BCUT2D eigenvalue weighted by Gasteiger charge is 2.04. The Bertz CT molecular complexity index is 350. The zero-order valence-corrected chi connectivity index (χ0v) is 10.3. The molecular formula is C13H20N2O. The van der Waals surface area contributed by atoms with Gasteiger partial charge in [-0.2, -0.15) is 0 Å². The SMILES string of the molecule is CCN(C)C(=O)NCCc1cccc(C)c1. The Morgan fingerprint density at radius 2 is 2.19 bits per heavy atom. The van der Waals surface area contributed by atoms with Crippen LogP contribution >= 0.6 is 0 Å². The Morgan fingerprint density at radius 1 is 1.44 bits per heavy atom. The van der Waals surface area contributed by atoms with Crippen LogP contribution in [-0.2, 0) is 6.42 Å². The summed E-state index contributed by atoms with van der Waals surface area (Å²) in [5.41, 5.74) is 2.52. The molecule has 0 aliphatic carbocycles. The van der Waals surface area contributed by atoms with Gasteiger partial charge in [0.1, 0.15) is 0 Å².